The molecule has 0 saturated carbocycles. The van der Waals surface area contributed by atoms with Crippen LogP contribution in [0.3, 0.4) is 0 Å². The van der Waals surface area contributed by atoms with E-state index in [4.69, 9.17) is 12.2 Å². The number of H-pyrrole nitrogens is 1. The van der Waals surface area contributed by atoms with Gasteiger partial charge in [0.2, 0.25) is 0 Å². The summed E-state index contributed by atoms with van der Waals surface area (Å²) < 4.78 is 0.751. The van der Waals surface area contributed by atoms with Gasteiger partial charge in [-0.05, 0) is 24.6 Å². The predicted molar refractivity (Wildman–Crippen MR) is 69.3 cm³/mol. The van der Waals surface area contributed by atoms with Crippen molar-refractivity contribution in [1.82, 2.24) is 15.6 Å². The zero-order valence-electron chi connectivity index (χ0n) is 9.21. The van der Waals surface area contributed by atoms with E-state index in [1.54, 1.807) is 0 Å². The second-order valence-corrected chi connectivity index (χ2v) is 4.26. The van der Waals surface area contributed by atoms with Gasteiger partial charge in [0.1, 0.15) is 4.64 Å². The minimum Gasteiger partial charge on any atom is -0.370 e. The van der Waals surface area contributed by atoms with Crippen molar-refractivity contribution in [2.45, 2.75) is 13.1 Å². The van der Waals surface area contributed by atoms with Crippen molar-refractivity contribution in [2.75, 3.05) is 6.54 Å². The molecule has 0 aromatic carbocycles. The minimum absolute atomic E-state index is 0.273. The number of rotatable bonds is 1. The molecular weight excluding hydrogens is 218 g/mol. The first kappa shape index (κ1) is 11.1. The highest BCUT2D eigenvalue weighted by atomic mass is 32.1. The quantitative estimate of drug-likeness (QED) is 0.651. The average molecular weight is 233 g/mol. The van der Waals surface area contributed by atoms with Crippen LogP contribution in [0.5, 0.6) is 0 Å². The Balaban J connectivity index is 2.28. The second kappa shape index (κ2) is 4.63. The van der Waals surface area contributed by atoms with E-state index in [9.17, 15) is 0 Å². The molecule has 4 heteroatoms. The Kier molecular flexibility index (Phi) is 3.22. The van der Waals surface area contributed by atoms with Gasteiger partial charge in [-0.1, -0.05) is 24.9 Å². The fourth-order valence-electron chi connectivity index (χ4n) is 1.65. The topological polar surface area (TPSA) is 39.8 Å². The smallest absolute Gasteiger partial charge is 0.110 e. The number of nitrogens with one attached hydrogen (secondary N) is 3. The summed E-state index contributed by atoms with van der Waals surface area (Å²) in [5.41, 5.74) is 3.13. The molecular formula is C12H15N3S. The Hall–Kier alpha value is -1.39. The van der Waals surface area contributed by atoms with Crippen molar-refractivity contribution in [3.05, 3.63) is 46.4 Å². The summed E-state index contributed by atoms with van der Waals surface area (Å²) in [5, 5.41) is 6.57. The van der Waals surface area contributed by atoms with Crippen LogP contribution in [0, 0.1) is 4.64 Å². The van der Waals surface area contributed by atoms with Gasteiger partial charge in [0, 0.05) is 24.0 Å². The first-order chi connectivity index (χ1) is 7.66. The van der Waals surface area contributed by atoms with Crippen LogP contribution in [-0.4, -0.2) is 17.7 Å². The van der Waals surface area contributed by atoms with Crippen LogP contribution < -0.4 is 10.6 Å². The second-order valence-electron chi connectivity index (χ2n) is 3.85. The number of hydrogen-bond donors (Lipinski definition) is 3. The first-order valence-corrected chi connectivity index (χ1v) is 5.65. The van der Waals surface area contributed by atoms with Gasteiger partial charge in [0.15, 0.2) is 0 Å². The molecule has 2 rings (SSSR count). The molecule has 1 aromatic heterocycles. The molecule has 1 atom stereocenters. The van der Waals surface area contributed by atoms with Gasteiger partial charge < -0.3 is 10.3 Å². The van der Waals surface area contributed by atoms with E-state index in [-0.39, 0.29) is 6.17 Å². The minimum atomic E-state index is 0.273. The molecule has 1 aromatic rings. The third-order valence-corrected chi connectivity index (χ3v) is 2.91. The fourth-order valence-corrected chi connectivity index (χ4v) is 1.84. The molecule has 0 bridgehead atoms. The lowest BCUT2D eigenvalue weighted by molar-refractivity contribution is 0.485. The first-order valence-electron chi connectivity index (χ1n) is 5.24. The van der Waals surface area contributed by atoms with Crippen molar-refractivity contribution < 1.29 is 0 Å². The molecule has 0 aliphatic carbocycles. The van der Waals surface area contributed by atoms with Gasteiger partial charge in [0.05, 0.1) is 6.17 Å². The molecule has 0 radical (unpaired) electrons. The third kappa shape index (κ3) is 2.40. The van der Waals surface area contributed by atoms with E-state index in [0.29, 0.717) is 0 Å². The van der Waals surface area contributed by atoms with Gasteiger partial charge in [-0.15, -0.1) is 0 Å². The summed E-state index contributed by atoms with van der Waals surface area (Å²) in [7, 11) is 0. The monoisotopic (exact) mass is 233 g/mol. The molecule has 3 nitrogen and oxygen atoms in total. The van der Waals surface area contributed by atoms with E-state index in [1.807, 2.05) is 18.3 Å². The van der Waals surface area contributed by atoms with Gasteiger partial charge >= 0.3 is 0 Å². The van der Waals surface area contributed by atoms with Crippen LogP contribution >= 0.6 is 12.2 Å². The molecule has 1 aliphatic rings. The molecule has 1 saturated heterocycles. The molecule has 1 unspecified atom stereocenters. The number of aromatic amines is 1. The molecule has 3 N–H and O–H groups in total. The zero-order chi connectivity index (χ0) is 11.5. The van der Waals surface area contributed by atoms with E-state index < -0.39 is 0 Å². The molecule has 1 fully saturated rings. The summed E-state index contributed by atoms with van der Waals surface area (Å²) in [6.45, 7) is 6.89. The summed E-state index contributed by atoms with van der Waals surface area (Å²) >= 11 is 5.21. The predicted octanol–water partition coefficient (Wildman–Crippen LogP) is 2.18. The maximum absolute atomic E-state index is 5.21. The number of aromatic nitrogens is 1. The van der Waals surface area contributed by atoms with Gasteiger partial charge in [-0.3, -0.25) is 5.32 Å². The van der Waals surface area contributed by atoms with Crippen molar-refractivity contribution in [3.63, 3.8) is 0 Å². The molecule has 1 aliphatic heterocycles. The van der Waals surface area contributed by atoms with Gasteiger partial charge in [0.25, 0.3) is 0 Å². The van der Waals surface area contributed by atoms with Crippen molar-refractivity contribution in [2.24, 2.45) is 0 Å². The molecule has 84 valence electrons. The highest BCUT2D eigenvalue weighted by Gasteiger charge is 2.13. The normalized spacial score (nSPS) is 23.2. The maximum atomic E-state index is 5.21. The van der Waals surface area contributed by atoms with E-state index in [0.717, 1.165) is 28.0 Å². The highest BCUT2D eigenvalue weighted by molar-refractivity contribution is 7.71. The molecule has 16 heavy (non-hydrogen) atoms. The lowest BCUT2D eigenvalue weighted by Gasteiger charge is -2.27. The summed E-state index contributed by atoms with van der Waals surface area (Å²) in [6.07, 6.45) is 4.17. The molecule has 0 amide bonds. The van der Waals surface area contributed by atoms with Crippen LogP contribution in [0.4, 0.5) is 0 Å². The standard InChI is InChI=1S/C12H15N3S/c1-8-11(7-14-9(2)15-8)6-10-4-3-5-13-12(10)16/h3-6,9,14-15H,1,7H2,2H3,(H,13,16)/b11-6+. The van der Waals surface area contributed by atoms with Crippen LogP contribution in [0.2, 0.25) is 0 Å². The summed E-state index contributed by atoms with van der Waals surface area (Å²) in [6, 6.07) is 3.94. The molecule has 0 spiro atoms. The van der Waals surface area contributed by atoms with Crippen LogP contribution in [0.15, 0.2) is 36.2 Å². The van der Waals surface area contributed by atoms with E-state index in [2.05, 4.69) is 35.2 Å². The Bertz CT molecular complexity index is 487. The lowest BCUT2D eigenvalue weighted by atomic mass is 10.1. The number of pyridine rings is 1. The summed E-state index contributed by atoms with van der Waals surface area (Å²) in [5.74, 6) is 0. The van der Waals surface area contributed by atoms with E-state index in [1.165, 1.54) is 0 Å². The van der Waals surface area contributed by atoms with Crippen LogP contribution in [-0.2, 0) is 0 Å². The Morgan fingerprint density at radius 3 is 3.06 bits per heavy atom. The van der Waals surface area contributed by atoms with Crippen molar-refractivity contribution >= 4 is 18.3 Å². The third-order valence-electron chi connectivity index (χ3n) is 2.56. The SMILES string of the molecule is C=C1NC(C)NC/C1=C\c1ccc[nH]c1=S. The highest BCUT2D eigenvalue weighted by Crippen LogP contribution is 2.14. The maximum Gasteiger partial charge on any atom is 0.110 e. The van der Waals surface area contributed by atoms with Crippen LogP contribution in [0.1, 0.15) is 12.5 Å². The Morgan fingerprint density at radius 1 is 1.56 bits per heavy atom. The fraction of sp³-hybridized carbons (Fsp3) is 0.250. The number of hydrogen-bond acceptors (Lipinski definition) is 3. The zero-order valence-corrected chi connectivity index (χ0v) is 10.0. The lowest BCUT2D eigenvalue weighted by Crippen LogP contribution is -2.45. The van der Waals surface area contributed by atoms with Gasteiger partial charge in [-0.25, -0.2) is 0 Å². The Labute approximate surface area is 100 Å². The van der Waals surface area contributed by atoms with Gasteiger partial charge in [-0.2, -0.15) is 0 Å². The van der Waals surface area contributed by atoms with Crippen molar-refractivity contribution in [1.29, 1.82) is 0 Å². The van der Waals surface area contributed by atoms with Crippen molar-refractivity contribution in [3.8, 4) is 0 Å². The average Bonchev–Trinajstić information content (AvgIpc) is 2.25. The van der Waals surface area contributed by atoms with Crippen LogP contribution in [0.25, 0.3) is 6.08 Å². The Morgan fingerprint density at radius 2 is 2.38 bits per heavy atom. The largest absolute Gasteiger partial charge is 0.370 e. The van der Waals surface area contributed by atoms with E-state index >= 15 is 0 Å². The molecule has 2 heterocycles. The summed E-state index contributed by atoms with van der Waals surface area (Å²) in [4.78, 5) is 3.01.